The minimum Gasteiger partial charge on any atom is -0.497 e. The van der Waals surface area contributed by atoms with E-state index in [4.69, 9.17) is 24.0 Å². The summed E-state index contributed by atoms with van der Waals surface area (Å²) in [5, 5.41) is 11.4. The molecular weight excluding hydrogens is 598 g/mol. The summed E-state index contributed by atoms with van der Waals surface area (Å²) in [7, 11) is 5.26. The quantitative estimate of drug-likeness (QED) is 0.196. The highest BCUT2D eigenvalue weighted by Gasteiger charge is 2.35. The van der Waals surface area contributed by atoms with Gasteiger partial charge >= 0.3 is 0 Å². The maximum Gasteiger partial charge on any atom is 0.271 e. The van der Waals surface area contributed by atoms with Crippen molar-refractivity contribution in [2.24, 2.45) is 5.92 Å². The number of aromatic nitrogens is 4. The third kappa shape index (κ3) is 6.29. The second-order valence-electron chi connectivity index (χ2n) is 11.9. The van der Waals surface area contributed by atoms with Gasteiger partial charge in [0.25, 0.3) is 5.91 Å². The van der Waals surface area contributed by atoms with Crippen LogP contribution < -0.4 is 25.0 Å². The van der Waals surface area contributed by atoms with Crippen LogP contribution in [0.4, 0.5) is 17.2 Å². The van der Waals surface area contributed by atoms with Crippen LogP contribution in [0.15, 0.2) is 73.1 Å². The number of carbonyl (C=O) groups is 1. The smallest absolute Gasteiger partial charge is 0.271 e. The molecule has 1 aliphatic heterocycles. The Bertz CT molecular complexity index is 1890. The van der Waals surface area contributed by atoms with Gasteiger partial charge in [-0.05, 0) is 48.2 Å². The van der Waals surface area contributed by atoms with Gasteiger partial charge in [0.15, 0.2) is 29.2 Å². The number of imidazole rings is 1. The third-order valence-electron chi connectivity index (χ3n) is 8.54. The van der Waals surface area contributed by atoms with Crippen LogP contribution >= 0.6 is 0 Å². The molecule has 0 bridgehead atoms. The van der Waals surface area contributed by atoms with Crippen LogP contribution in [0, 0.1) is 5.92 Å². The van der Waals surface area contributed by atoms with Crippen molar-refractivity contribution in [1.82, 2.24) is 24.9 Å². The van der Waals surface area contributed by atoms with Gasteiger partial charge in [0.2, 0.25) is 0 Å². The lowest BCUT2D eigenvalue weighted by molar-refractivity contribution is -0.0443. The zero-order valence-electron chi connectivity index (χ0n) is 26.8. The fraction of sp³-hybridized carbons (Fsp3) is 0.314. The molecule has 2 fully saturated rings. The first-order chi connectivity index (χ1) is 22.9. The first-order valence-electron chi connectivity index (χ1n) is 15.6. The molecule has 1 saturated heterocycles. The number of nitrogens with one attached hydrogen (secondary N) is 2. The van der Waals surface area contributed by atoms with Gasteiger partial charge in [-0.2, -0.15) is 0 Å². The lowest BCUT2D eigenvalue weighted by Crippen LogP contribution is -2.28. The first-order valence-corrected chi connectivity index (χ1v) is 15.6. The number of carbonyl (C=O) groups excluding carboxylic acids is 1. The topological polar surface area (TPSA) is 124 Å². The molecule has 12 heteroatoms. The summed E-state index contributed by atoms with van der Waals surface area (Å²) in [5.74, 6) is 2.16. The van der Waals surface area contributed by atoms with Gasteiger partial charge in [0, 0.05) is 43.0 Å². The molecule has 2 N–H and O–H groups in total. The van der Waals surface area contributed by atoms with E-state index in [-0.39, 0.29) is 11.9 Å². The molecule has 5 aromatic rings. The van der Waals surface area contributed by atoms with Crippen molar-refractivity contribution in [2.75, 3.05) is 44.7 Å². The molecule has 242 valence electrons. The van der Waals surface area contributed by atoms with Gasteiger partial charge in [-0.15, -0.1) is 5.10 Å². The Morgan fingerprint density at radius 1 is 1.02 bits per heavy atom. The van der Waals surface area contributed by atoms with Crippen LogP contribution in [0.2, 0.25) is 0 Å². The lowest BCUT2D eigenvalue weighted by atomic mass is 10.1. The molecule has 7 rings (SSSR count). The van der Waals surface area contributed by atoms with Gasteiger partial charge in [0.1, 0.15) is 5.75 Å². The fourth-order valence-electron chi connectivity index (χ4n) is 5.75. The second-order valence-corrected chi connectivity index (χ2v) is 11.9. The Hall–Kier alpha value is -5.20. The highest BCUT2D eigenvalue weighted by atomic mass is 16.7. The molecule has 4 heterocycles. The van der Waals surface area contributed by atoms with Crippen LogP contribution in [0.3, 0.4) is 0 Å². The van der Waals surface area contributed by atoms with E-state index in [2.05, 4.69) is 32.4 Å². The maximum atomic E-state index is 13.3. The number of rotatable bonds is 11. The average molecular weight is 636 g/mol. The molecule has 2 unspecified atom stereocenters. The van der Waals surface area contributed by atoms with E-state index in [1.54, 1.807) is 31.1 Å². The molecule has 47 heavy (non-hydrogen) atoms. The number of pyridine rings is 1. The molecule has 0 spiro atoms. The van der Waals surface area contributed by atoms with Crippen molar-refractivity contribution in [2.45, 2.75) is 32.2 Å². The zero-order valence-corrected chi connectivity index (χ0v) is 26.8. The van der Waals surface area contributed by atoms with Crippen molar-refractivity contribution in [3.63, 3.8) is 0 Å². The molecule has 1 aliphatic carbocycles. The highest BCUT2D eigenvalue weighted by molar-refractivity contribution is 5.94. The van der Waals surface area contributed by atoms with Gasteiger partial charge in [0.05, 0.1) is 50.7 Å². The number of fused-ring (bicyclic) bond motifs is 1. The van der Waals surface area contributed by atoms with Gasteiger partial charge < -0.3 is 34.5 Å². The maximum absolute atomic E-state index is 13.3. The molecule has 1 amide bonds. The van der Waals surface area contributed by atoms with Gasteiger partial charge in [-0.25, -0.2) is 9.50 Å². The number of para-hydroxylation sites is 1. The molecule has 0 radical (unpaired) electrons. The molecule has 12 nitrogen and oxygen atoms in total. The fourth-order valence-corrected chi connectivity index (χ4v) is 5.75. The summed E-state index contributed by atoms with van der Waals surface area (Å²) in [4.78, 5) is 24.7. The first kappa shape index (κ1) is 30.5. The molecule has 2 aliphatic rings. The van der Waals surface area contributed by atoms with Crippen molar-refractivity contribution in [3.8, 4) is 22.8 Å². The summed E-state index contributed by atoms with van der Waals surface area (Å²) in [6, 6.07) is 19.7. The minimum absolute atomic E-state index is 0.166. The molecular formula is C35H37N7O5. The number of benzene rings is 2. The second kappa shape index (κ2) is 12.9. The standard InChI is InChI=1S/C35H37N7O5/c1-21-16-28(21)39-34(43)30-19-37-33-29(41(2)20-22-8-11-24(44-3)12-9-22)17-31(40-42(30)33)38-27-7-5-6-25(32(27)45-4)26-13-10-23(18-36-26)35-46-14-15-47-35/h5-13,17-19,21,28,35H,14-16,20H2,1-4H3,(H,38,40)(H,39,43). The largest absolute Gasteiger partial charge is 0.497 e. The van der Waals surface area contributed by atoms with E-state index in [1.165, 1.54) is 0 Å². The summed E-state index contributed by atoms with van der Waals surface area (Å²) >= 11 is 0. The number of methoxy groups -OCH3 is 2. The van der Waals surface area contributed by atoms with E-state index in [0.717, 1.165) is 40.2 Å². The lowest BCUT2D eigenvalue weighted by Gasteiger charge is -2.22. The molecule has 2 atom stereocenters. The highest BCUT2D eigenvalue weighted by Crippen LogP contribution is 2.38. The van der Waals surface area contributed by atoms with E-state index in [0.29, 0.717) is 54.3 Å². The summed E-state index contributed by atoms with van der Waals surface area (Å²) in [6.07, 6.45) is 3.91. The van der Waals surface area contributed by atoms with Crippen molar-refractivity contribution in [3.05, 3.63) is 89.9 Å². The summed E-state index contributed by atoms with van der Waals surface area (Å²) in [6.45, 7) is 3.85. The number of anilines is 3. The van der Waals surface area contributed by atoms with E-state index >= 15 is 0 Å². The number of hydrogen-bond donors (Lipinski definition) is 2. The summed E-state index contributed by atoms with van der Waals surface area (Å²) in [5.41, 5.74) is 5.90. The summed E-state index contributed by atoms with van der Waals surface area (Å²) < 4.78 is 24.1. The van der Waals surface area contributed by atoms with Crippen molar-refractivity contribution in [1.29, 1.82) is 0 Å². The Kier molecular flexibility index (Phi) is 8.35. The molecule has 1 saturated carbocycles. The number of ether oxygens (including phenoxy) is 4. The van der Waals surface area contributed by atoms with E-state index < -0.39 is 6.29 Å². The number of hydrogen-bond acceptors (Lipinski definition) is 10. The van der Waals surface area contributed by atoms with Gasteiger partial charge in [-0.3, -0.25) is 9.78 Å². The average Bonchev–Trinajstić information content (AvgIpc) is 3.45. The van der Waals surface area contributed by atoms with Crippen LogP contribution in [0.25, 0.3) is 16.9 Å². The van der Waals surface area contributed by atoms with Crippen LogP contribution in [-0.2, 0) is 16.0 Å². The predicted octanol–water partition coefficient (Wildman–Crippen LogP) is 5.37. The predicted molar refractivity (Wildman–Crippen MR) is 177 cm³/mol. The Morgan fingerprint density at radius 3 is 2.49 bits per heavy atom. The normalized spacial score (nSPS) is 17.4. The van der Waals surface area contributed by atoms with Crippen molar-refractivity contribution >= 4 is 28.7 Å². The SMILES string of the molecule is COc1ccc(CN(C)c2cc(Nc3cccc(-c4ccc(C5OCCO5)cn4)c3OC)nn3c(C(=O)NC4CC4C)cnc23)cc1. The van der Waals surface area contributed by atoms with Crippen LogP contribution in [0.5, 0.6) is 11.5 Å². The Balaban J connectivity index is 1.23. The van der Waals surface area contributed by atoms with Crippen molar-refractivity contribution < 1.29 is 23.7 Å². The van der Waals surface area contributed by atoms with E-state index in [1.807, 2.05) is 67.7 Å². The van der Waals surface area contributed by atoms with Crippen LogP contribution in [0.1, 0.15) is 41.2 Å². The molecule has 3 aromatic heterocycles. The Labute approximate surface area is 272 Å². The number of nitrogens with zero attached hydrogens (tertiary/aromatic N) is 5. The molecule has 2 aromatic carbocycles. The van der Waals surface area contributed by atoms with Crippen LogP contribution in [-0.4, -0.2) is 66.0 Å². The number of amides is 1. The monoisotopic (exact) mass is 635 g/mol. The third-order valence-corrected chi connectivity index (χ3v) is 8.54. The van der Waals surface area contributed by atoms with Gasteiger partial charge in [-0.1, -0.05) is 31.2 Å². The van der Waals surface area contributed by atoms with E-state index in [9.17, 15) is 4.79 Å². The Morgan fingerprint density at radius 2 is 1.81 bits per heavy atom. The minimum atomic E-state index is -0.396. The zero-order chi connectivity index (χ0) is 32.5.